The highest BCUT2D eigenvalue weighted by Crippen LogP contribution is 2.22. The van der Waals surface area contributed by atoms with E-state index in [1.54, 1.807) is 0 Å². The van der Waals surface area contributed by atoms with E-state index < -0.39 is 5.97 Å². The predicted octanol–water partition coefficient (Wildman–Crippen LogP) is 0.380. The number of hydrogen-bond donors (Lipinski definition) is 3. The van der Waals surface area contributed by atoms with Crippen molar-refractivity contribution >= 4 is 5.97 Å². The molecule has 1 aromatic rings. The summed E-state index contributed by atoms with van der Waals surface area (Å²) in [5.74, 6) is 0.0603. The fourth-order valence-corrected chi connectivity index (χ4v) is 1.85. The summed E-state index contributed by atoms with van der Waals surface area (Å²) >= 11 is 0. The van der Waals surface area contributed by atoms with E-state index in [0.717, 1.165) is 30.2 Å². The molecule has 0 aromatic carbocycles. The Kier molecular flexibility index (Phi) is 2.25. The molecule has 0 bridgehead atoms. The number of nitrogens with one attached hydrogen (secondary N) is 2. The Morgan fingerprint density at radius 1 is 1.71 bits per heavy atom. The highest BCUT2D eigenvalue weighted by molar-refractivity contribution is 5.68. The van der Waals surface area contributed by atoms with Gasteiger partial charge in [0.1, 0.15) is 5.82 Å². The molecule has 1 aliphatic rings. The second-order valence-corrected chi connectivity index (χ2v) is 3.54. The SMILES string of the molecule is Cc1nc2c([nH]1)CCNC2CC(=O)O. The van der Waals surface area contributed by atoms with Crippen molar-refractivity contribution < 1.29 is 9.90 Å². The summed E-state index contributed by atoms with van der Waals surface area (Å²) in [6.07, 6.45) is 0.990. The fourth-order valence-electron chi connectivity index (χ4n) is 1.85. The maximum Gasteiger partial charge on any atom is 0.305 e. The average molecular weight is 195 g/mol. The molecule has 5 nitrogen and oxygen atoms in total. The minimum Gasteiger partial charge on any atom is -0.481 e. The molecule has 1 atom stereocenters. The number of imidazole rings is 1. The zero-order valence-corrected chi connectivity index (χ0v) is 8.00. The number of hydrogen-bond acceptors (Lipinski definition) is 3. The van der Waals surface area contributed by atoms with Crippen molar-refractivity contribution in [3.63, 3.8) is 0 Å². The summed E-state index contributed by atoms with van der Waals surface area (Å²) in [6.45, 7) is 2.70. The number of aromatic amines is 1. The lowest BCUT2D eigenvalue weighted by Crippen LogP contribution is -2.31. The Labute approximate surface area is 81.5 Å². The number of aliphatic carboxylic acids is 1. The molecule has 2 rings (SSSR count). The average Bonchev–Trinajstić information content (AvgIpc) is 2.45. The predicted molar refractivity (Wildman–Crippen MR) is 50.0 cm³/mol. The van der Waals surface area contributed by atoms with Crippen molar-refractivity contribution in [2.45, 2.75) is 25.8 Å². The smallest absolute Gasteiger partial charge is 0.305 e. The summed E-state index contributed by atoms with van der Waals surface area (Å²) < 4.78 is 0. The third-order valence-corrected chi connectivity index (χ3v) is 2.40. The van der Waals surface area contributed by atoms with Crippen LogP contribution in [-0.2, 0) is 11.2 Å². The van der Waals surface area contributed by atoms with Crippen molar-refractivity contribution in [2.24, 2.45) is 0 Å². The first-order valence-electron chi connectivity index (χ1n) is 4.67. The molecule has 0 fully saturated rings. The lowest BCUT2D eigenvalue weighted by atomic mass is 10.0. The maximum atomic E-state index is 10.6. The van der Waals surface area contributed by atoms with E-state index in [1.165, 1.54) is 0 Å². The molecule has 76 valence electrons. The van der Waals surface area contributed by atoms with Crippen LogP contribution >= 0.6 is 0 Å². The second-order valence-electron chi connectivity index (χ2n) is 3.54. The minimum atomic E-state index is -0.795. The largest absolute Gasteiger partial charge is 0.481 e. The van der Waals surface area contributed by atoms with Crippen molar-refractivity contribution in [3.05, 3.63) is 17.2 Å². The van der Waals surface area contributed by atoms with Gasteiger partial charge in [-0.15, -0.1) is 0 Å². The van der Waals surface area contributed by atoms with Crippen LogP contribution in [0.15, 0.2) is 0 Å². The third kappa shape index (κ3) is 1.63. The highest BCUT2D eigenvalue weighted by Gasteiger charge is 2.24. The third-order valence-electron chi connectivity index (χ3n) is 2.40. The molecular formula is C9H13N3O2. The number of rotatable bonds is 2. The zero-order valence-electron chi connectivity index (χ0n) is 8.00. The fraction of sp³-hybridized carbons (Fsp3) is 0.556. The van der Waals surface area contributed by atoms with Crippen LogP contribution in [0.3, 0.4) is 0 Å². The normalized spacial score (nSPS) is 20.5. The van der Waals surface area contributed by atoms with Gasteiger partial charge in [-0.05, 0) is 6.92 Å². The molecule has 0 spiro atoms. The van der Waals surface area contributed by atoms with E-state index in [9.17, 15) is 4.79 Å². The van der Waals surface area contributed by atoms with Gasteiger partial charge in [0.05, 0.1) is 18.2 Å². The Bertz CT molecular complexity index is 359. The molecule has 1 aliphatic heterocycles. The first-order chi connectivity index (χ1) is 6.66. The van der Waals surface area contributed by atoms with Gasteiger partial charge in [0.15, 0.2) is 0 Å². The summed E-state index contributed by atoms with van der Waals surface area (Å²) in [5.41, 5.74) is 1.95. The molecule has 1 unspecified atom stereocenters. The monoisotopic (exact) mass is 195 g/mol. The molecule has 5 heteroatoms. The van der Waals surface area contributed by atoms with Gasteiger partial charge in [0.2, 0.25) is 0 Å². The molecule has 2 heterocycles. The number of aryl methyl sites for hydroxylation is 1. The topological polar surface area (TPSA) is 78.0 Å². The summed E-state index contributed by atoms with van der Waals surface area (Å²) in [7, 11) is 0. The Morgan fingerprint density at radius 3 is 3.21 bits per heavy atom. The quantitative estimate of drug-likeness (QED) is 0.637. The Balaban J connectivity index is 2.25. The van der Waals surface area contributed by atoms with Crippen molar-refractivity contribution in [3.8, 4) is 0 Å². The number of aromatic nitrogens is 2. The van der Waals surface area contributed by atoms with Gasteiger partial charge in [-0.1, -0.05) is 0 Å². The summed E-state index contributed by atoms with van der Waals surface area (Å²) in [4.78, 5) is 18.1. The van der Waals surface area contributed by atoms with Gasteiger partial charge in [0.25, 0.3) is 0 Å². The molecule has 14 heavy (non-hydrogen) atoms. The Hall–Kier alpha value is -1.36. The first kappa shape index (κ1) is 9.21. The van der Waals surface area contributed by atoms with Gasteiger partial charge < -0.3 is 15.4 Å². The van der Waals surface area contributed by atoms with E-state index in [4.69, 9.17) is 5.11 Å². The van der Waals surface area contributed by atoms with E-state index in [-0.39, 0.29) is 12.5 Å². The summed E-state index contributed by atoms with van der Waals surface area (Å²) in [6, 6.07) is -0.138. The second kappa shape index (κ2) is 3.42. The van der Waals surface area contributed by atoms with E-state index >= 15 is 0 Å². The molecule has 0 saturated carbocycles. The van der Waals surface area contributed by atoms with Crippen molar-refractivity contribution in [1.82, 2.24) is 15.3 Å². The van der Waals surface area contributed by atoms with Crippen LogP contribution in [0.5, 0.6) is 0 Å². The standard InChI is InChI=1S/C9H13N3O2/c1-5-11-6-2-3-10-7(4-8(13)14)9(6)12-5/h7,10H,2-4H2,1H3,(H,11,12)(H,13,14). The number of H-pyrrole nitrogens is 1. The number of fused-ring (bicyclic) bond motifs is 1. The number of nitrogens with zero attached hydrogens (tertiary/aromatic N) is 1. The van der Waals surface area contributed by atoms with Crippen LogP contribution in [0, 0.1) is 6.92 Å². The lowest BCUT2D eigenvalue weighted by molar-refractivity contribution is -0.137. The number of carbonyl (C=O) groups is 1. The van der Waals surface area contributed by atoms with Crippen LogP contribution < -0.4 is 5.32 Å². The molecular weight excluding hydrogens is 182 g/mol. The Morgan fingerprint density at radius 2 is 2.50 bits per heavy atom. The van der Waals surface area contributed by atoms with Crippen LogP contribution in [0.1, 0.15) is 29.7 Å². The van der Waals surface area contributed by atoms with E-state index in [0.29, 0.717) is 0 Å². The molecule has 1 aromatic heterocycles. The number of carboxylic acid groups (broad SMARTS) is 1. The maximum absolute atomic E-state index is 10.6. The zero-order chi connectivity index (χ0) is 10.1. The lowest BCUT2D eigenvalue weighted by Gasteiger charge is -2.21. The molecule has 0 saturated heterocycles. The molecule has 0 amide bonds. The minimum absolute atomic E-state index is 0.0945. The van der Waals surface area contributed by atoms with E-state index in [2.05, 4.69) is 15.3 Å². The molecule has 3 N–H and O–H groups in total. The first-order valence-corrected chi connectivity index (χ1v) is 4.67. The van der Waals surface area contributed by atoms with E-state index in [1.807, 2.05) is 6.92 Å². The summed E-state index contributed by atoms with van der Waals surface area (Å²) in [5, 5.41) is 11.9. The van der Waals surface area contributed by atoms with Crippen LogP contribution in [0.2, 0.25) is 0 Å². The molecule has 0 radical (unpaired) electrons. The van der Waals surface area contributed by atoms with Crippen molar-refractivity contribution in [1.29, 1.82) is 0 Å². The van der Waals surface area contributed by atoms with Gasteiger partial charge >= 0.3 is 5.97 Å². The highest BCUT2D eigenvalue weighted by atomic mass is 16.4. The van der Waals surface area contributed by atoms with Gasteiger partial charge in [-0.25, -0.2) is 4.98 Å². The van der Waals surface area contributed by atoms with Crippen LogP contribution in [0.25, 0.3) is 0 Å². The van der Waals surface area contributed by atoms with Gasteiger partial charge in [-0.2, -0.15) is 0 Å². The van der Waals surface area contributed by atoms with Gasteiger partial charge in [-0.3, -0.25) is 4.79 Å². The van der Waals surface area contributed by atoms with Crippen molar-refractivity contribution in [2.75, 3.05) is 6.54 Å². The van der Waals surface area contributed by atoms with Crippen LogP contribution in [-0.4, -0.2) is 27.6 Å². The molecule has 0 aliphatic carbocycles. The number of carboxylic acids is 1. The van der Waals surface area contributed by atoms with Crippen LogP contribution in [0.4, 0.5) is 0 Å². The van der Waals surface area contributed by atoms with Gasteiger partial charge in [0, 0.05) is 18.7 Å².